The number of likely N-dealkylation sites (N-methyl/N-ethyl adjacent to an activating group) is 1. The van der Waals surface area contributed by atoms with Crippen molar-refractivity contribution in [3.63, 3.8) is 0 Å². The molecule has 3 amide bonds. The molecule has 0 radical (unpaired) electrons. The van der Waals surface area contributed by atoms with Crippen LogP contribution in [0.2, 0.25) is 0 Å². The molecule has 0 spiro atoms. The summed E-state index contributed by atoms with van der Waals surface area (Å²) in [5.74, 6) is -0.0399. The Hall–Kier alpha value is -2.11. The van der Waals surface area contributed by atoms with Crippen LogP contribution in [0.25, 0.3) is 0 Å². The number of nitrogens with one attached hydrogen (secondary N) is 1. The largest absolute Gasteiger partial charge is 0.334 e. The molecule has 0 saturated carbocycles. The first-order valence-electron chi connectivity index (χ1n) is 6.99. The van der Waals surface area contributed by atoms with Crippen molar-refractivity contribution in [1.82, 2.24) is 20.1 Å². The van der Waals surface area contributed by atoms with E-state index < -0.39 is 0 Å². The van der Waals surface area contributed by atoms with E-state index in [1.807, 2.05) is 6.07 Å². The van der Waals surface area contributed by atoms with Crippen molar-refractivity contribution < 1.29 is 9.59 Å². The first-order chi connectivity index (χ1) is 9.79. The Bertz CT molecular complexity index is 551. The highest BCUT2D eigenvalue weighted by molar-refractivity contribution is 5.86. The van der Waals surface area contributed by atoms with Gasteiger partial charge in [0.15, 0.2) is 0 Å². The minimum Gasteiger partial charge on any atom is -0.334 e. The van der Waals surface area contributed by atoms with Crippen LogP contribution in [-0.2, 0) is 16.8 Å². The molecule has 6 nitrogen and oxygen atoms in total. The van der Waals surface area contributed by atoms with Gasteiger partial charge in [0.1, 0.15) is 6.54 Å². The second kappa shape index (κ2) is 5.71. The lowest BCUT2D eigenvalue weighted by molar-refractivity contribution is -0.125. The fourth-order valence-electron chi connectivity index (χ4n) is 2.39. The molecule has 2 rings (SSSR count). The smallest absolute Gasteiger partial charge is 0.319 e. The molecular weight excluding hydrogens is 268 g/mol. The highest BCUT2D eigenvalue weighted by Gasteiger charge is 2.28. The van der Waals surface area contributed by atoms with Gasteiger partial charge in [0.25, 0.3) is 0 Å². The van der Waals surface area contributed by atoms with Gasteiger partial charge in [-0.2, -0.15) is 0 Å². The Morgan fingerprint density at radius 3 is 2.71 bits per heavy atom. The summed E-state index contributed by atoms with van der Waals surface area (Å²) < 4.78 is 0. The van der Waals surface area contributed by atoms with Crippen LogP contribution in [-0.4, -0.2) is 47.0 Å². The molecule has 114 valence electrons. The van der Waals surface area contributed by atoms with Crippen LogP contribution in [0.3, 0.4) is 0 Å². The molecule has 0 aromatic carbocycles. The van der Waals surface area contributed by atoms with E-state index in [9.17, 15) is 9.59 Å². The summed E-state index contributed by atoms with van der Waals surface area (Å²) in [6, 6.07) is 1.76. The van der Waals surface area contributed by atoms with E-state index in [0.717, 1.165) is 11.1 Å². The van der Waals surface area contributed by atoms with Crippen LogP contribution >= 0.6 is 0 Å². The summed E-state index contributed by atoms with van der Waals surface area (Å²) >= 11 is 0. The van der Waals surface area contributed by atoms with Crippen LogP contribution in [0.15, 0.2) is 18.5 Å². The first kappa shape index (κ1) is 15.3. The van der Waals surface area contributed by atoms with Crippen molar-refractivity contribution in [3.8, 4) is 0 Å². The van der Waals surface area contributed by atoms with Crippen LogP contribution in [0.4, 0.5) is 4.79 Å². The van der Waals surface area contributed by atoms with E-state index in [0.29, 0.717) is 13.2 Å². The number of carbonyl (C=O) groups excluding carboxylic acids is 2. The van der Waals surface area contributed by atoms with E-state index >= 15 is 0 Å². The van der Waals surface area contributed by atoms with Gasteiger partial charge in [-0.05, 0) is 22.6 Å². The van der Waals surface area contributed by atoms with Gasteiger partial charge in [0, 0.05) is 26.0 Å². The molecule has 1 aliphatic heterocycles. The number of urea groups is 1. The predicted octanol–water partition coefficient (Wildman–Crippen LogP) is 1.32. The lowest BCUT2D eigenvalue weighted by Gasteiger charge is -2.23. The summed E-state index contributed by atoms with van der Waals surface area (Å²) in [4.78, 5) is 30.7. The first-order valence-corrected chi connectivity index (χ1v) is 6.99. The number of carbonyl (C=O) groups is 2. The molecule has 1 aromatic heterocycles. The molecule has 0 aliphatic carbocycles. The maximum absolute atomic E-state index is 12.1. The number of nitrogens with zero attached hydrogens (tertiary/aromatic N) is 3. The lowest BCUT2D eigenvalue weighted by atomic mass is 9.85. The van der Waals surface area contributed by atoms with Crippen molar-refractivity contribution in [2.45, 2.75) is 32.7 Å². The average molecular weight is 290 g/mol. The molecule has 0 unspecified atom stereocenters. The number of rotatable bonds is 2. The monoisotopic (exact) mass is 290 g/mol. The topological polar surface area (TPSA) is 65.5 Å². The van der Waals surface area contributed by atoms with Crippen LogP contribution in [0, 0.1) is 0 Å². The van der Waals surface area contributed by atoms with E-state index in [2.05, 4.69) is 31.1 Å². The highest BCUT2D eigenvalue weighted by Crippen LogP contribution is 2.24. The zero-order chi connectivity index (χ0) is 15.6. The van der Waals surface area contributed by atoms with Crippen molar-refractivity contribution in [3.05, 3.63) is 29.6 Å². The van der Waals surface area contributed by atoms with Gasteiger partial charge >= 0.3 is 6.03 Å². The van der Waals surface area contributed by atoms with Crippen LogP contribution in [0.5, 0.6) is 0 Å². The molecule has 1 N–H and O–H groups in total. The summed E-state index contributed by atoms with van der Waals surface area (Å²) in [7, 11) is 1.69. The minimum atomic E-state index is -0.226. The highest BCUT2D eigenvalue weighted by atomic mass is 16.2. The summed E-state index contributed by atoms with van der Waals surface area (Å²) in [6.07, 6.45) is 3.54. The van der Waals surface area contributed by atoms with E-state index in [-0.39, 0.29) is 23.9 Å². The Morgan fingerprint density at radius 2 is 2.14 bits per heavy atom. The second-order valence-corrected chi connectivity index (χ2v) is 6.37. The summed E-state index contributed by atoms with van der Waals surface area (Å²) in [6.45, 7) is 7.27. The fourth-order valence-corrected chi connectivity index (χ4v) is 2.39. The van der Waals surface area contributed by atoms with Gasteiger partial charge in [0.2, 0.25) is 5.91 Å². The standard InChI is InChI=1S/C15H22N4O2/c1-15(2,3)12-5-6-16-7-11(12)8-17-14(21)19-9-13(20)18(4)10-19/h5-7H,8-10H2,1-4H3,(H,17,21). The molecule has 1 saturated heterocycles. The number of pyridine rings is 1. The normalized spacial score (nSPS) is 15.5. The van der Waals surface area contributed by atoms with Gasteiger partial charge in [-0.1, -0.05) is 20.8 Å². The Kier molecular flexibility index (Phi) is 4.16. The number of hydrogen-bond acceptors (Lipinski definition) is 3. The molecule has 6 heteroatoms. The Morgan fingerprint density at radius 1 is 1.43 bits per heavy atom. The van der Waals surface area contributed by atoms with Crippen molar-refractivity contribution in [2.75, 3.05) is 20.3 Å². The van der Waals surface area contributed by atoms with Crippen LogP contribution < -0.4 is 5.32 Å². The molecule has 21 heavy (non-hydrogen) atoms. The number of amides is 3. The zero-order valence-corrected chi connectivity index (χ0v) is 13.0. The van der Waals surface area contributed by atoms with E-state index in [4.69, 9.17) is 0 Å². The Labute approximate surface area is 125 Å². The van der Waals surface area contributed by atoms with Gasteiger partial charge in [0.05, 0.1) is 6.67 Å². The third kappa shape index (κ3) is 3.51. The van der Waals surface area contributed by atoms with Crippen LogP contribution in [0.1, 0.15) is 31.9 Å². The maximum Gasteiger partial charge on any atom is 0.319 e. The van der Waals surface area contributed by atoms with E-state index in [1.165, 1.54) is 9.80 Å². The number of hydrogen-bond donors (Lipinski definition) is 1. The molecule has 1 fully saturated rings. The van der Waals surface area contributed by atoms with Crippen molar-refractivity contribution in [2.24, 2.45) is 0 Å². The zero-order valence-electron chi connectivity index (χ0n) is 13.0. The molecule has 2 heterocycles. The second-order valence-electron chi connectivity index (χ2n) is 6.37. The van der Waals surface area contributed by atoms with Crippen molar-refractivity contribution in [1.29, 1.82) is 0 Å². The number of aromatic nitrogens is 1. The molecule has 1 aliphatic rings. The average Bonchev–Trinajstić information content (AvgIpc) is 2.75. The third-order valence-electron chi connectivity index (χ3n) is 3.56. The summed E-state index contributed by atoms with van der Waals surface area (Å²) in [5, 5.41) is 2.86. The summed E-state index contributed by atoms with van der Waals surface area (Å²) in [5.41, 5.74) is 2.15. The fraction of sp³-hybridized carbons (Fsp3) is 0.533. The van der Waals surface area contributed by atoms with Crippen molar-refractivity contribution >= 4 is 11.9 Å². The predicted molar refractivity (Wildman–Crippen MR) is 79.5 cm³/mol. The quantitative estimate of drug-likeness (QED) is 0.893. The van der Waals surface area contributed by atoms with Gasteiger partial charge < -0.3 is 10.2 Å². The SMILES string of the molecule is CN1CN(C(=O)NCc2cnccc2C(C)(C)C)CC1=O. The molecule has 1 aromatic rings. The van der Waals surface area contributed by atoms with Gasteiger partial charge in [-0.3, -0.25) is 14.7 Å². The van der Waals surface area contributed by atoms with Gasteiger partial charge in [-0.15, -0.1) is 0 Å². The van der Waals surface area contributed by atoms with E-state index in [1.54, 1.807) is 19.4 Å². The third-order valence-corrected chi connectivity index (χ3v) is 3.56. The molecule has 0 atom stereocenters. The minimum absolute atomic E-state index is 0.00711. The molecular formula is C15H22N4O2. The molecule has 0 bridgehead atoms. The van der Waals surface area contributed by atoms with Gasteiger partial charge in [-0.25, -0.2) is 4.79 Å². The Balaban J connectivity index is 2.01. The maximum atomic E-state index is 12.1. The lowest BCUT2D eigenvalue weighted by Crippen LogP contribution is -2.39.